The van der Waals surface area contributed by atoms with E-state index < -0.39 is 0 Å². The molecule has 22 heavy (non-hydrogen) atoms. The van der Waals surface area contributed by atoms with Crippen LogP contribution in [0.25, 0.3) is 11.1 Å². The largest absolute Gasteiger partial charge is 0.423 e. The summed E-state index contributed by atoms with van der Waals surface area (Å²) < 4.78 is 5.77. The fourth-order valence-electron chi connectivity index (χ4n) is 2.73. The molecule has 2 N–H and O–H groups in total. The standard InChI is InChI=1S/C16H21N3O3/c1-11(10-20)17-15(21)12-6-8-19(9-7-12)16-18-13-4-2-3-5-14(13)22-16/h2-5,11-12,20H,6-10H2,1H3,(H,17,21). The van der Waals surface area contributed by atoms with Gasteiger partial charge >= 0.3 is 0 Å². The second kappa shape index (κ2) is 6.36. The number of piperidine rings is 1. The summed E-state index contributed by atoms with van der Waals surface area (Å²) >= 11 is 0. The molecule has 2 heterocycles. The molecule has 1 aromatic carbocycles. The predicted octanol–water partition coefficient (Wildman–Crippen LogP) is 1.54. The van der Waals surface area contributed by atoms with Crippen LogP contribution < -0.4 is 10.2 Å². The molecule has 1 amide bonds. The first-order valence-electron chi connectivity index (χ1n) is 7.69. The number of carbonyl (C=O) groups excluding carboxylic acids is 1. The molecule has 1 saturated heterocycles. The summed E-state index contributed by atoms with van der Waals surface area (Å²) in [5.74, 6) is 0.0217. The Hall–Kier alpha value is -2.08. The zero-order chi connectivity index (χ0) is 15.5. The van der Waals surface area contributed by atoms with Crippen LogP contribution in [0.15, 0.2) is 28.7 Å². The van der Waals surface area contributed by atoms with E-state index in [1.165, 1.54) is 0 Å². The minimum atomic E-state index is -0.192. The Labute approximate surface area is 129 Å². The number of hydrogen-bond acceptors (Lipinski definition) is 5. The van der Waals surface area contributed by atoms with Gasteiger partial charge in [-0.05, 0) is 31.9 Å². The minimum Gasteiger partial charge on any atom is -0.423 e. The number of anilines is 1. The fourth-order valence-corrected chi connectivity index (χ4v) is 2.73. The third-order valence-corrected chi connectivity index (χ3v) is 4.08. The van der Waals surface area contributed by atoms with Gasteiger partial charge in [0.25, 0.3) is 6.01 Å². The summed E-state index contributed by atoms with van der Waals surface area (Å²) in [7, 11) is 0. The van der Waals surface area contributed by atoms with Crippen LogP contribution in [-0.4, -0.2) is 41.7 Å². The smallest absolute Gasteiger partial charge is 0.298 e. The third kappa shape index (κ3) is 3.06. The molecule has 1 aliphatic heterocycles. The molecule has 1 unspecified atom stereocenters. The van der Waals surface area contributed by atoms with Crippen molar-refractivity contribution in [3.63, 3.8) is 0 Å². The van der Waals surface area contributed by atoms with E-state index in [1.807, 2.05) is 24.3 Å². The lowest BCUT2D eigenvalue weighted by Gasteiger charge is -2.30. The monoisotopic (exact) mass is 303 g/mol. The van der Waals surface area contributed by atoms with Gasteiger partial charge < -0.3 is 19.7 Å². The highest BCUT2D eigenvalue weighted by Crippen LogP contribution is 2.26. The molecule has 0 aliphatic carbocycles. The summed E-state index contributed by atoms with van der Waals surface area (Å²) in [6, 6.07) is 8.14. The summed E-state index contributed by atoms with van der Waals surface area (Å²) in [5.41, 5.74) is 1.64. The summed E-state index contributed by atoms with van der Waals surface area (Å²) in [4.78, 5) is 18.6. The Morgan fingerprint density at radius 1 is 1.45 bits per heavy atom. The van der Waals surface area contributed by atoms with E-state index in [1.54, 1.807) is 6.92 Å². The Balaban J connectivity index is 1.60. The summed E-state index contributed by atoms with van der Waals surface area (Å²) in [5, 5.41) is 11.8. The lowest BCUT2D eigenvalue weighted by atomic mass is 9.96. The Morgan fingerprint density at radius 3 is 2.86 bits per heavy atom. The maximum atomic E-state index is 12.1. The first-order chi connectivity index (χ1) is 10.7. The quantitative estimate of drug-likeness (QED) is 0.896. The van der Waals surface area contributed by atoms with Gasteiger partial charge in [-0.1, -0.05) is 12.1 Å². The number of oxazole rings is 1. The normalized spacial score (nSPS) is 17.6. The maximum Gasteiger partial charge on any atom is 0.298 e. The Kier molecular flexibility index (Phi) is 4.29. The van der Waals surface area contributed by atoms with Crippen molar-refractivity contribution in [3.05, 3.63) is 24.3 Å². The van der Waals surface area contributed by atoms with Crippen molar-refractivity contribution in [1.29, 1.82) is 0 Å². The van der Waals surface area contributed by atoms with Crippen LogP contribution in [-0.2, 0) is 4.79 Å². The van der Waals surface area contributed by atoms with E-state index in [9.17, 15) is 4.79 Å². The molecule has 0 saturated carbocycles. The predicted molar refractivity (Wildman–Crippen MR) is 83.6 cm³/mol. The van der Waals surface area contributed by atoms with Crippen LogP contribution in [0.4, 0.5) is 6.01 Å². The van der Waals surface area contributed by atoms with Crippen molar-refractivity contribution in [1.82, 2.24) is 10.3 Å². The fraction of sp³-hybridized carbons (Fsp3) is 0.500. The van der Waals surface area contributed by atoms with Crippen molar-refractivity contribution in [2.45, 2.75) is 25.8 Å². The number of aliphatic hydroxyl groups is 1. The molecule has 6 heteroatoms. The molecule has 1 aromatic heterocycles. The molecule has 0 bridgehead atoms. The number of nitrogens with zero attached hydrogens (tertiary/aromatic N) is 2. The van der Waals surface area contributed by atoms with Crippen LogP contribution in [0.1, 0.15) is 19.8 Å². The van der Waals surface area contributed by atoms with Gasteiger partial charge in [0.05, 0.1) is 6.61 Å². The summed E-state index contributed by atoms with van der Waals surface area (Å²) in [6.07, 6.45) is 1.53. The van der Waals surface area contributed by atoms with Gasteiger partial charge in [-0.2, -0.15) is 4.98 Å². The van der Waals surface area contributed by atoms with E-state index in [4.69, 9.17) is 9.52 Å². The number of para-hydroxylation sites is 2. The summed E-state index contributed by atoms with van der Waals surface area (Å²) in [6.45, 7) is 3.26. The zero-order valence-electron chi connectivity index (χ0n) is 12.7. The van der Waals surface area contributed by atoms with E-state index in [2.05, 4.69) is 15.2 Å². The average Bonchev–Trinajstić information content (AvgIpc) is 2.98. The first kappa shape index (κ1) is 14.8. The number of benzene rings is 1. The van der Waals surface area contributed by atoms with E-state index in [0.717, 1.165) is 37.0 Å². The molecule has 6 nitrogen and oxygen atoms in total. The molecule has 1 aliphatic rings. The lowest BCUT2D eigenvalue weighted by Crippen LogP contribution is -2.44. The highest BCUT2D eigenvalue weighted by molar-refractivity contribution is 5.79. The number of nitrogens with one attached hydrogen (secondary N) is 1. The van der Waals surface area contributed by atoms with Crippen molar-refractivity contribution >= 4 is 23.0 Å². The number of aromatic nitrogens is 1. The zero-order valence-corrected chi connectivity index (χ0v) is 12.7. The van der Waals surface area contributed by atoms with Gasteiger partial charge in [0, 0.05) is 25.0 Å². The molecule has 3 rings (SSSR count). The van der Waals surface area contributed by atoms with Crippen LogP contribution in [0, 0.1) is 5.92 Å². The Bertz CT molecular complexity index is 614. The van der Waals surface area contributed by atoms with Gasteiger partial charge in [0.2, 0.25) is 5.91 Å². The van der Waals surface area contributed by atoms with Gasteiger partial charge in [-0.15, -0.1) is 0 Å². The number of amides is 1. The SMILES string of the molecule is CC(CO)NC(=O)C1CCN(c2nc3ccccc3o2)CC1. The Morgan fingerprint density at radius 2 is 2.18 bits per heavy atom. The number of hydrogen-bond donors (Lipinski definition) is 2. The lowest BCUT2D eigenvalue weighted by molar-refractivity contribution is -0.126. The van der Waals surface area contributed by atoms with Crippen LogP contribution in [0.2, 0.25) is 0 Å². The van der Waals surface area contributed by atoms with Crippen molar-refractivity contribution in [2.75, 3.05) is 24.6 Å². The van der Waals surface area contributed by atoms with Gasteiger partial charge in [0.1, 0.15) is 5.52 Å². The van der Waals surface area contributed by atoms with Crippen molar-refractivity contribution in [2.24, 2.45) is 5.92 Å². The van der Waals surface area contributed by atoms with Crippen LogP contribution in [0.3, 0.4) is 0 Å². The van der Waals surface area contributed by atoms with Crippen LogP contribution >= 0.6 is 0 Å². The minimum absolute atomic E-state index is 0.00497. The molecule has 0 radical (unpaired) electrons. The van der Waals surface area contributed by atoms with Gasteiger partial charge in [0.15, 0.2) is 5.58 Å². The average molecular weight is 303 g/mol. The molecule has 2 aromatic rings. The third-order valence-electron chi connectivity index (χ3n) is 4.08. The van der Waals surface area contributed by atoms with E-state index in [-0.39, 0.29) is 24.5 Å². The highest BCUT2D eigenvalue weighted by atomic mass is 16.4. The second-order valence-electron chi connectivity index (χ2n) is 5.82. The van der Waals surface area contributed by atoms with E-state index >= 15 is 0 Å². The molecule has 0 spiro atoms. The molecule has 1 atom stereocenters. The molecule has 118 valence electrons. The number of carbonyl (C=O) groups is 1. The van der Waals surface area contributed by atoms with Gasteiger partial charge in [-0.25, -0.2) is 0 Å². The molecular weight excluding hydrogens is 282 g/mol. The van der Waals surface area contributed by atoms with Crippen molar-refractivity contribution in [3.8, 4) is 0 Å². The van der Waals surface area contributed by atoms with E-state index in [0.29, 0.717) is 6.01 Å². The number of fused-ring (bicyclic) bond motifs is 1. The maximum absolute atomic E-state index is 12.1. The first-order valence-corrected chi connectivity index (χ1v) is 7.69. The van der Waals surface area contributed by atoms with Crippen molar-refractivity contribution < 1.29 is 14.3 Å². The number of aliphatic hydroxyl groups excluding tert-OH is 1. The molecule has 1 fully saturated rings. The second-order valence-corrected chi connectivity index (χ2v) is 5.82. The van der Waals surface area contributed by atoms with Gasteiger partial charge in [-0.3, -0.25) is 4.79 Å². The van der Waals surface area contributed by atoms with Crippen LogP contribution in [0.5, 0.6) is 0 Å². The molecular formula is C16H21N3O3. The highest BCUT2D eigenvalue weighted by Gasteiger charge is 2.27. The topological polar surface area (TPSA) is 78.6 Å². The number of rotatable bonds is 4.